The molecule has 0 aromatic heterocycles. The van der Waals surface area contributed by atoms with E-state index in [2.05, 4.69) is 74.4 Å². The average molecular weight is 291 g/mol. The summed E-state index contributed by atoms with van der Waals surface area (Å²) in [6, 6.07) is 8.77. The van der Waals surface area contributed by atoms with Gasteiger partial charge in [-0.25, -0.2) is 0 Å². The van der Waals surface area contributed by atoms with Crippen LogP contribution >= 0.6 is 0 Å². The lowest BCUT2D eigenvalue weighted by Gasteiger charge is -2.21. The normalized spacial score (nSPS) is 12.1. The van der Waals surface area contributed by atoms with Gasteiger partial charge in [0.05, 0.1) is 0 Å². The molecular formula is C18H33N3. The summed E-state index contributed by atoms with van der Waals surface area (Å²) in [5, 5.41) is 7.05. The molecule has 3 nitrogen and oxygen atoms in total. The van der Waals surface area contributed by atoms with Gasteiger partial charge in [0.1, 0.15) is 0 Å². The fourth-order valence-corrected chi connectivity index (χ4v) is 2.32. The number of benzene rings is 1. The highest BCUT2D eigenvalue weighted by Crippen LogP contribution is 2.11. The van der Waals surface area contributed by atoms with Crippen LogP contribution in [0.3, 0.4) is 0 Å². The van der Waals surface area contributed by atoms with Crippen LogP contribution in [0.4, 0.5) is 0 Å². The van der Waals surface area contributed by atoms with E-state index in [4.69, 9.17) is 0 Å². The van der Waals surface area contributed by atoms with Crippen molar-refractivity contribution in [2.75, 3.05) is 26.2 Å². The number of rotatable bonds is 9. The Morgan fingerprint density at radius 1 is 0.952 bits per heavy atom. The summed E-state index contributed by atoms with van der Waals surface area (Å²) in [5.74, 6) is 0. The number of hydrogen-bond acceptors (Lipinski definition) is 3. The van der Waals surface area contributed by atoms with Crippen molar-refractivity contribution in [2.24, 2.45) is 0 Å². The smallest absolute Gasteiger partial charge is 0.0236 e. The molecule has 1 rings (SSSR count). The molecule has 0 amide bonds. The van der Waals surface area contributed by atoms with Gasteiger partial charge in [0, 0.05) is 31.7 Å². The van der Waals surface area contributed by atoms with Crippen LogP contribution in [0.2, 0.25) is 0 Å². The van der Waals surface area contributed by atoms with E-state index in [9.17, 15) is 0 Å². The molecule has 0 spiro atoms. The zero-order valence-corrected chi connectivity index (χ0v) is 14.5. The van der Waals surface area contributed by atoms with Gasteiger partial charge in [0.2, 0.25) is 0 Å². The van der Waals surface area contributed by atoms with Crippen LogP contribution in [0.15, 0.2) is 24.3 Å². The molecule has 0 saturated carbocycles. The highest BCUT2D eigenvalue weighted by molar-refractivity contribution is 5.27. The maximum absolute atomic E-state index is 3.54. The first-order valence-corrected chi connectivity index (χ1v) is 8.21. The van der Waals surface area contributed by atoms with Gasteiger partial charge in [-0.1, -0.05) is 38.1 Å². The minimum atomic E-state index is 0.197. The Labute approximate surface area is 131 Å². The first-order valence-electron chi connectivity index (χ1n) is 8.21. The molecule has 0 aliphatic heterocycles. The van der Waals surface area contributed by atoms with Crippen LogP contribution in [0.1, 0.15) is 45.7 Å². The van der Waals surface area contributed by atoms with Crippen molar-refractivity contribution >= 4 is 0 Å². The number of nitrogens with one attached hydrogen (secondary N) is 2. The molecule has 2 N–H and O–H groups in total. The highest BCUT2D eigenvalue weighted by Gasteiger charge is 2.08. The molecule has 0 aliphatic carbocycles. The zero-order valence-electron chi connectivity index (χ0n) is 14.5. The molecule has 1 aromatic rings. The molecule has 1 aromatic carbocycles. The van der Waals surface area contributed by atoms with E-state index in [1.165, 1.54) is 11.1 Å². The van der Waals surface area contributed by atoms with E-state index >= 15 is 0 Å². The quantitative estimate of drug-likeness (QED) is 0.685. The number of hydrogen-bond donors (Lipinski definition) is 2. The van der Waals surface area contributed by atoms with Crippen molar-refractivity contribution in [3.05, 3.63) is 35.4 Å². The molecule has 0 aliphatic rings. The lowest BCUT2D eigenvalue weighted by atomic mass is 10.1. The summed E-state index contributed by atoms with van der Waals surface area (Å²) in [6.07, 6.45) is 0. The topological polar surface area (TPSA) is 27.3 Å². The Bertz CT molecular complexity index is 392. The van der Waals surface area contributed by atoms with Crippen LogP contribution in [0, 0.1) is 0 Å². The summed E-state index contributed by atoms with van der Waals surface area (Å²) in [6.45, 7) is 17.3. The van der Waals surface area contributed by atoms with E-state index in [0.717, 1.165) is 39.3 Å². The summed E-state index contributed by atoms with van der Waals surface area (Å²) in [5.41, 5.74) is 3.06. The monoisotopic (exact) mass is 291 g/mol. The standard InChI is InChI=1S/C18H33N3/c1-6-21(7-2)15-17-11-9-8-10-16(17)14-19-12-13-20-18(3,4)5/h8-11,19-20H,6-7,12-15H2,1-5H3. The van der Waals surface area contributed by atoms with Crippen LogP contribution in [-0.4, -0.2) is 36.6 Å². The molecule has 0 radical (unpaired) electrons. The summed E-state index contributed by atoms with van der Waals surface area (Å²) >= 11 is 0. The molecule has 0 saturated heterocycles. The minimum absolute atomic E-state index is 0.197. The lowest BCUT2D eigenvalue weighted by Crippen LogP contribution is -2.40. The van der Waals surface area contributed by atoms with Gasteiger partial charge in [-0.3, -0.25) is 4.90 Å². The fraction of sp³-hybridized carbons (Fsp3) is 0.667. The Morgan fingerprint density at radius 3 is 2.14 bits per heavy atom. The van der Waals surface area contributed by atoms with E-state index in [0.29, 0.717) is 0 Å². The second-order valence-electron chi connectivity index (χ2n) is 6.58. The molecule has 21 heavy (non-hydrogen) atoms. The van der Waals surface area contributed by atoms with Gasteiger partial charge < -0.3 is 10.6 Å². The van der Waals surface area contributed by atoms with Crippen molar-refractivity contribution in [3.63, 3.8) is 0 Å². The van der Waals surface area contributed by atoms with E-state index in [-0.39, 0.29) is 5.54 Å². The fourth-order valence-electron chi connectivity index (χ4n) is 2.32. The summed E-state index contributed by atoms with van der Waals surface area (Å²) in [7, 11) is 0. The van der Waals surface area contributed by atoms with Gasteiger partial charge in [-0.15, -0.1) is 0 Å². The Kier molecular flexibility index (Phi) is 7.94. The van der Waals surface area contributed by atoms with Crippen molar-refractivity contribution in [1.29, 1.82) is 0 Å². The number of nitrogens with zero attached hydrogens (tertiary/aromatic N) is 1. The lowest BCUT2D eigenvalue weighted by molar-refractivity contribution is 0.294. The molecule has 120 valence electrons. The minimum Gasteiger partial charge on any atom is -0.311 e. The molecular weight excluding hydrogens is 258 g/mol. The van der Waals surface area contributed by atoms with Crippen molar-refractivity contribution in [2.45, 2.75) is 53.2 Å². The average Bonchev–Trinajstić information content (AvgIpc) is 2.44. The van der Waals surface area contributed by atoms with E-state index in [1.54, 1.807) is 0 Å². The molecule has 3 heteroatoms. The van der Waals surface area contributed by atoms with Crippen molar-refractivity contribution in [3.8, 4) is 0 Å². The molecule has 0 atom stereocenters. The zero-order chi connectivity index (χ0) is 15.7. The Morgan fingerprint density at radius 2 is 1.57 bits per heavy atom. The van der Waals surface area contributed by atoms with Gasteiger partial charge >= 0.3 is 0 Å². The van der Waals surface area contributed by atoms with Crippen LogP contribution < -0.4 is 10.6 Å². The highest BCUT2D eigenvalue weighted by atomic mass is 15.1. The third-order valence-electron chi connectivity index (χ3n) is 3.68. The second kappa shape index (κ2) is 9.19. The van der Waals surface area contributed by atoms with Crippen molar-refractivity contribution in [1.82, 2.24) is 15.5 Å². The molecule has 0 heterocycles. The van der Waals surface area contributed by atoms with Gasteiger partial charge in [0.15, 0.2) is 0 Å². The first kappa shape index (κ1) is 18.1. The van der Waals surface area contributed by atoms with Crippen LogP contribution in [0.25, 0.3) is 0 Å². The maximum Gasteiger partial charge on any atom is 0.0236 e. The Hall–Kier alpha value is -0.900. The van der Waals surface area contributed by atoms with E-state index in [1.807, 2.05) is 0 Å². The second-order valence-corrected chi connectivity index (χ2v) is 6.58. The first-order chi connectivity index (χ1) is 9.96. The SMILES string of the molecule is CCN(CC)Cc1ccccc1CNCCNC(C)(C)C. The van der Waals surface area contributed by atoms with E-state index < -0.39 is 0 Å². The van der Waals surface area contributed by atoms with Gasteiger partial charge in [-0.2, -0.15) is 0 Å². The Balaban J connectivity index is 2.44. The maximum atomic E-state index is 3.54. The van der Waals surface area contributed by atoms with Crippen LogP contribution in [0.5, 0.6) is 0 Å². The predicted octanol–water partition coefficient (Wildman–Crippen LogP) is 3.01. The van der Waals surface area contributed by atoms with Gasteiger partial charge in [0.25, 0.3) is 0 Å². The van der Waals surface area contributed by atoms with Crippen LogP contribution in [-0.2, 0) is 13.1 Å². The van der Waals surface area contributed by atoms with Gasteiger partial charge in [-0.05, 0) is 45.0 Å². The third kappa shape index (κ3) is 7.60. The largest absolute Gasteiger partial charge is 0.311 e. The summed E-state index contributed by atoms with van der Waals surface area (Å²) < 4.78 is 0. The molecule has 0 unspecified atom stereocenters. The predicted molar refractivity (Wildman–Crippen MR) is 92.5 cm³/mol. The molecule has 0 bridgehead atoms. The molecule has 0 fully saturated rings. The third-order valence-corrected chi connectivity index (χ3v) is 3.68. The van der Waals surface area contributed by atoms with Crippen molar-refractivity contribution < 1.29 is 0 Å². The summed E-state index contributed by atoms with van der Waals surface area (Å²) in [4.78, 5) is 2.46.